The molecule has 7 heteroatoms. The van der Waals surface area contributed by atoms with Gasteiger partial charge in [-0.3, -0.25) is 0 Å². The molecule has 0 saturated carbocycles. The second-order valence-electron chi connectivity index (χ2n) is 4.64. The van der Waals surface area contributed by atoms with Crippen LogP contribution in [0, 0.1) is 0 Å². The van der Waals surface area contributed by atoms with Crippen molar-refractivity contribution in [3.63, 3.8) is 0 Å². The number of rotatable bonds is 0. The molecule has 0 atom stereocenters. The maximum atomic E-state index is 12.9. The fourth-order valence-corrected chi connectivity index (χ4v) is 2.26. The summed E-state index contributed by atoms with van der Waals surface area (Å²) in [6, 6.07) is 1.03. The molecule has 0 N–H and O–H groups in total. The van der Waals surface area contributed by atoms with Crippen molar-refractivity contribution in [3.8, 4) is 0 Å². The van der Waals surface area contributed by atoms with E-state index in [1.165, 1.54) is 0 Å². The van der Waals surface area contributed by atoms with Gasteiger partial charge in [-0.1, -0.05) is 0 Å². The molecule has 1 aromatic carbocycles. The zero-order valence-electron chi connectivity index (χ0n) is 9.99. The number of benzene rings is 1. The molecular weight excluding hydrogens is 272 g/mol. The van der Waals surface area contributed by atoms with Crippen LogP contribution in [0.2, 0.25) is 0 Å². The Bertz CT molecular complexity index is 488. The second kappa shape index (κ2) is 4.40. The molecule has 0 bridgehead atoms. The number of halogens is 6. The van der Waals surface area contributed by atoms with Gasteiger partial charge in [0, 0.05) is 13.1 Å². The Hall–Kier alpha value is -1.24. The Kier molecular flexibility index (Phi) is 3.28. The van der Waals surface area contributed by atoms with E-state index in [1.807, 2.05) is 0 Å². The van der Waals surface area contributed by atoms with Crippen LogP contribution in [0.5, 0.6) is 0 Å². The molecule has 1 aliphatic rings. The van der Waals surface area contributed by atoms with Gasteiger partial charge in [-0.05, 0) is 36.7 Å². The summed E-state index contributed by atoms with van der Waals surface area (Å²) in [5, 5.41) is 0. The first-order valence-electron chi connectivity index (χ1n) is 5.58. The fourth-order valence-electron chi connectivity index (χ4n) is 2.26. The second-order valence-corrected chi connectivity index (χ2v) is 4.64. The van der Waals surface area contributed by atoms with E-state index in [-0.39, 0.29) is 30.2 Å². The van der Waals surface area contributed by atoms with Crippen molar-refractivity contribution in [1.29, 1.82) is 0 Å². The smallest absolute Gasteiger partial charge is 0.302 e. The molecule has 0 saturated heterocycles. The number of alkyl halides is 6. The number of fused-ring (bicyclic) bond motifs is 1. The predicted octanol–water partition coefficient (Wildman–Crippen LogP) is 3.71. The first-order chi connectivity index (χ1) is 8.59. The molecule has 0 fully saturated rings. The summed E-state index contributed by atoms with van der Waals surface area (Å²) in [5.74, 6) is 0. The van der Waals surface area contributed by atoms with Gasteiger partial charge in [-0.15, -0.1) is 0 Å². The number of hydrogen-bond acceptors (Lipinski definition) is 1. The van der Waals surface area contributed by atoms with Crippen LogP contribution in [0.1, 0.15) is 22.3 Å². The van der Waals surface area contributed by atoms with Crippen LogP contribution in [0.4, 0.5) is 26.3 Å². The first kappa shape index (κ1) is 14.2. The third-order valence-electron chi connectivity index (χ3n) is 3.16. The lowest BCUT2D eigenvalue weighted by atomic mass is 9.92. The van der Waals surface area contributed by atoms with Crippen molar-refractivity contribution in [1.82, 2.24) is 4.90 Å². The number of nitrogens with zero attached hydrogens (tertiary/aromatic N) is 1. The number of likely N-dealkylation sites (N-methyl/N-ethyl adjacent to an activating group) is 1. The molecule has 0 spiro atoms. The van der Waals surface area contributed by atoms with Crippen molar-refractivity contribution in [2.45, 2.75) is 25.3 Å². The van der Waals surface area contributed by atoms with Crippen molar-refractivity contribution < 1.29 is 26.3 Å². The van der Waals surface area contributed by atoms with E-state index in [9.17, 15) is 26.3 Å². The average molecular weight is 283 g/mol. The van der Waals surface area contributed by atoms with E-state index in [2.05, 4.69) is 0 Å². The summed E-state index contributed by atoms with van der Waals surface area (Å²) < 4.78 is 76.5. The highest BCUT2D eigenvalue weighted by Gasteiger charge is 2.40. The van der Waals surface area contributed by atoms with Gasteiger partial charge >= 0.3 is 12.4 Å². The largest absolute Gasteiger partial charge is 0.416 e. The molecule has 19 heavy (non-hydrogen) atoms. The SMILES string of the molecule is CN1CCc2c(cc(C(F)(F)F)cc2C(F)(F)F)C1. The van der Waals surface area contributed by atoms with Gasteiger partial charge in [0.25, 0.3) is 0 Å². The van der Waals surface area contributed by atoms with Crippen LogP contribution in [0.15, 0.2) is 12.1 Å². The summed E-state index contributed by atoms with van der Waals surface area (Å²) in [6.45, 7) is 0.504. The highest BCUT2D eigenvalue weighted by Crippen LogP contribution is 2.40. The lowest BCUT2D eigenvalue weighted by Gasteiger charge is -2.28. The van der Waals surface area contributed by atoms with Gasteiger partial charge in [0.15, 0.2) is 0 Å². The molecule has 0 radical (unpaired) electrons. The molecule has 1 heterocycles. The Morgan fingerprint density at radius 2 is 1.63 bits per heavy atom. The molecule has 0 aromatic heterocycles. The lowest BCUT2D eigenvalue weighted by molar-refractivity contribution is -0.143. The average Bonchev–Trinajstić information content (AvgIpc) is 2.24. The molecule has 1 aliphatic heterocycles. The minimum absolute atomic E-state index is 0.0152. The Balaban J connectivity index is 2.62. The van der Waals surface area contributed by atoms with Crippen LogP contribution >= 0.6 is 0 Å². The number of hydrogen-bond donors (Lipinski definition) is 0. The molecule has 1 aromatic rings. The highest BCUT2D eigenvalue weighted by atomic mass is 19.4. The Labute approximate surface area is 105 Å². The van der Waals surface area contributed by atoms with Gasteiger partial charge in [0.1, 0.15) is 0 Å². The van der Waals surface area contributed by atoms with Crippen LogP contribution in [0.3, 0.4) is 0 Å². The molecule has 0 amide bonds. The molecule has 2 rings (SSSR count). The van der Waals surface area contributed by atoms with Gasteiger partial charge in [0.2, 0.25) is 0 Å². The molecule has 0 aliphatic carbocycles. The van der Waals surface area contributed by atoms with E-state index >= 15 is 0 Å². The topological polar surface area (TPSA) is 3.24 Å². The maximum Gasteiger partial charge on any atom is 0.416 e. The highest BCUT2D eigenvalue weighted by molar-refractivity contribution is 5.43. The molecule has 1 nitrogen and oxygen atoms in total. The monoisotopic (exact) mass is 283 g/mol. The molecule has 106 valence electrons. The van der Waals surface area contributed by atoms with Gasteiger partial charge in [-0.2, -0.15) is 26.3 Å². The van der Waals surface area contributed by atoms with Crippen molar-refractivity contribution in [2.24, 2.45) is 0 Å². The van der Waals surface area contributed by atoms with Gasteiger partial charge in [-0.25, -0.2) is 0 Å². The normalized spacial score (nSPS) is 17.4. The van der Waals surface area contributed by atoms with Gasteiger partial charge in [0.05, 0.1) is 11.1 Å². The zero-order chi connectivity index (χ0) is 14.4. The van der Waals surface area contributed by atoms with E-state index < -0.39 is 23.5 Å². The maximum absolute atomic E-state index is 12.9. The minimum atomic E-state index is -4.77. The Morgan fingerprint density at radius 1 is 1.00 bits per heavy atom. The standard InChI is InChI=1S/C12H11F6N/c1-19-3-2-9-7(6-19)4-8(11(13,14)15)5-10(9)12(16,17)18/h4-5H,2-3,6H2,1H3. The summed E-state index contributed by atoms with van der Waals surface area (Å²) in [7, 11) is 1.66. The first-order valence-corrected chi connectivity index (χ1v) is 5.58. The summed E-state index contributed by atoms with van der Waals surface area (Å²) in [4.78, 5) is 1.70. The van der Waals surface area contributed by atoms with Crippen LogP contribution in [-0.4, -0.2) is 18.5 Å². The summed E-state index contributed by atoms with van der Waals surface area (Å²) in [6.07, 6.45) is -9.43. The summed E-state index contributed by atoms with van der Waals surface area (Å²) in [5.41, 5.74) is -2.31. The zero-order valence-corrected chi connectivity index (χ0v) is 9.99. The molecule has 0 unspecified atom stereocenters. The third-order valence-corrected chi connectivity index (χ3v) is 3.16. The van der Waals surface area contributed by atoms with E-state index in [0.717, 1.165) is 6.07 Å². The van der Waals surface area contributed by atoms with Crippen LogP contribution in [-0.2, 0) is 25.3 Å². The molecular formula is C12H11F6N. The third kappa shape index (κ3) is 2.86. The predicted molar refractivity (Wildman–Crippen MR) is 56.5 cm³/mol. The minimum Gasteiger partial charge on any atom is -0.302 e. The Morgan fingerprint density at radius 3 is 2.16 bits per heavy atom. The van der Waals surface area contributed by atoms with Crippen molar-refractivity contribution >= 4 is 0 Å². The van der Waals surface area contributed by atoms with Crippen molar-refractivity contribution in [3.05, 3.63) is 34.4 Å². The van der Waals surface area contributed by atoms with E-state index in [1.54, 1.807) is 11.9 Å². The quantitative estimate of drug-likeness (QED) is 0.656. The van der Waals surface area contributed by atoms with Crippen LogP contribution in [0.25, 0.3) is 0 Å². The van der Waals surface area contributed by atoms with Crippen LogP contribution < -0.4 is 0 Å². The van der Waals surface area contributed by atoms with E-state index in [0.29, 0.717) is 6.54 Å². The summed E-state index contributed by atoms with van der Waals surface area (Å²) >= 11 is 0. The van der Waals surface area contributed by atoms with Crippen molar-refractivity contribution in [2.75, 3.05) is 13.6 Å². The van der Waals surface area contributed by atoms with Gasteiger partial charge < -0.3 is 4.90 Å². The lowest BCUT2D eigenvalue weighted by Crippen LogP contribution is -2.29. The van der Waals surface area contributed by atoms with E-state index in [4.69, 9.17) is 0 Å². The fraction of sp³-hybridized carbons (Fsp3) is 0.500.